The number of carbonyl (C=O) groups is 1. The van der Waals surface area contributed by atoms with Crippen LogP contribution in [0.3, 0.4) is 0 Å². The van der Waals surface area contributed by atoms with E-state index in [1.54, 1.807) is 18.3 Å². The molecule has 0 bridgehead atoms. The largest absolute Gasteiger partial charge is 0.490 e. The topological polar surface area (TPSA) is 107 Å². The van der Waals surface area contributed by atoms with Crippen molar-refractivity contribution in [3.8, 4) is 5.75 Å². The van der Waals surface area contributed by atoms with Gasteiger partial charge in [-0.2, -0.15) is 0 Å². The van der Waals surface area contributed by atoms with Gasteiger partial charge in [0.2, 0.25) is 5.91 Å². The van der Waals surface area contributed by atoms with Gasteiger partial charge in [0.1, 0.15) is 15.7 Å². The van der Waals surface area contributed by atoms with Crippen LogP contribution >= 0.6 is 23.1 Å². The number of rotatable bonds is 6. The second-order valence-electron chi connectivity index (χ2n) is 7.40. The number of methoxy groups -OCH3 is 1. The lowest BCUT2D eigenvalue weighted by atomic mass is 9.97. The van der Waals surface area contributed by atoms with Crippen LogP contribution in [-0.2, 0) is 17.6 Å². The molecule has 0 aliphatic heterocycles. The van der Waals surface area contributed by atoms with Crippen molar-refractivity contribution in [1.29, 1.82) is 0 Å². The van der Waals surface area contributed by atoms with Gasteiger partial charge < -0.3 is 10.1 Å². The zero-order valence-corrected chi connectivity index (χ0v) is 19.1. The standard InChI is InChI=1S/C21H22N4O4S2/c1-11-8-15(25(27)28)16(29-3)9-14(11)24-18(26)10-30-20-19-13-6-4-5-7-17(13)31-21(19)23-12(2)22-20/h8-9H,4-7,10H2,1-3H3,(H,24,26). The van der Waals surface area contributed by atoms with Crippen LogP contribution in [0.15, 0.2) is 17.2 Å². The summed E-state index contributed by atoms with van der Waals surface area (Å²) >= 11 is 3.14. The molecule has 1 aliphatic carbocycles. The first-order chi connectivity index (χ1) is 14.9. The van der Waals surface area contributed by atoms with Gasteiger partial charge in [0.25, 0.3) is 0 Å². The fraction of sp³-hybridized carbons (Fsp3) is 0.381. The zero-order chi connectivity index (χ0) is 22.1. The van der Waals surface area contributed by atoms with Gasteiger partial charge in [-0.25, -0.2) is 9.97 Å². The number of aryl methyl sites for hydroxylation is 4. The Morgan fingerprint density at radius 2 is 2.06 bits per heavy atom. The van der Waals surface area contributed by atoms with E-state index in [0.29, 0.717) is 17.1 Å². The first-order valence-corrected chi connectivity index (χ1v) is 11.7. The summed E-state index contributed by atoms with van der Waals surface area (Å²) in [5, 5.41) is 15.9. The molecule has 8 nitrogen and oxygen atoms in total. The van der Waals surface area contributed by atoms with Crippen molar-refractivity contribution in [2.24, 2.45) is 0 Å². The minimum atomic E-state index is -0.502. The van der Waals surface area contributed by atoms with E-state index in [1.165, 1.54) is 54.3 Å². The number of carbonyl (C=O) groups excluding carboxylic acids is 1. The van der Waals surface area contributed by atoms with Gasteiger partial charge in [0.15, 0.2) is 5.75 Å². The highest BCUT2D eigenvalue weighted by molar-refractivity contribution is 8.00. The number of benzene rings is 1. The number of anilines is 1. The second kappa shape index (κ2) is 8.80. The molecule has 0 spiro atoms. The molecule has 10 heteroatoms. The van der Waals surface area contributed by atoms with Crippen molar-refractivity contribution < 1.29 is 14.5 Å². The average Bonchev–Trinajstić information content (AvgIpc) is 3.11. The first-order valence-electron chi connectivity index (χ1n) is 9.92. The van der Waals surface area contributed by atoms with Crippen molar-refractivity contribution >= 4 is 50.6 Å². The van der Waals surface area contributed by atoms with Gasteiger partial charge in [-0.3, -0.25) is 14.9 Å². The Kier molecular flexibility index (Phi) is 6.10. The lowest BCUT2D eigenvalue weighted by molar-refractivity contribution is -0.385. The average molecular weight is 459 g/mol. The highest BCUT2D eigenvalue weighted by atomic mass is 32.2. The quantitative estimate of drug-likeness (QED) is 0.244. The summed E-state index contributed by atoms with van der Waals surface area (Å²) in [4.78, 5) is 34.9. The summed E-state index contributed by atoms with van der Waals surface area (Å²) in [5.74, 6) is 0.772. The molecule has 0 saturated heterocycles. The maximum atomic E-state index is 12.7. The van der Waals surface area contributed by atoms with E-state index in [4.69, 9.17) is 4.74 Å². The molecule has 1 amide bonds. The summed E-state index contributed by atoms with van der Waals surface area (Å²) < 4.78 is 5.10. The predicted molar refractivity (Wildman–Crippen MR) is 123 cm³/mol. The zero-order valence-electron chi connectivity index (χ0n) is 17.5. The van der Waals surface area contributed by atoms with Gasteiger partial charge >= 0.3 is 5.69 Å². The third-order valence-corrected chi connectivity index (χ3v) is 7.39. The van der Waals surface area contributed by atoms with E-state index in [9.17, 15) is 14.9 Å². The Bertz CT molecular complexity index is 1190. The maximum absolute atomic E-state index is 12.7. The van der Waals surface area contributed by atoms with Crippen molar-refractivity contribution in [1.82, 2.24) is 9.97 Å². The Morgan fingerprint density at radius 3 is 2.81 bits per heavy atom. The molecular formula is C21H22N4O4S2. The number of hydrogen-bond acceptors (Lipinski definition) is 8. The normalized spacial score (nSPS) is 13.1. The number of amides is 1. The van der Waals surface area contributed by atoms with E-state index >= 15 is 0 Å². The number of ether oxygens (including phenoxy) is 1. The summed E-state index contributed by atoms with van der Waals surface area (Å²) in [5.41, 5.74) is 2.29. The summed E-state index contributed by atoms with van der Waals surface area (Å²) in [7, 11) is 1.36. The first kappa shape index (κ1) is 21.5. The SMILES string of the molecule is COc1cc(NC(=O)CSc2nc(C)nc3sc4c(c23)CCCC4)c(C)cc1[N+](=O)[O-]. The fourth-order valence-electron chi connectivity index (χ4n) is 3.76. The lowest BCUT2D eigenvalue weighted by Crippen LogP contribution is -2.15. The molecule has 1 N–H and O–H groups in total. The molecular weight excluding hydrogens is 436 g/mol. The minimum Gasteiger partial charge on any atom is -0.490 e. The highest BCUT2D eigenvalue weighted by Gasteiger charge is 2.22. The Hall–Kier alpha value is -2.72. The summed E-state index contributed by atoms with van der Waals surface area (Å²) in [6.07, 6.45) is 4.48. The molecule has 4 rings (SSSR count). The van der Waals surface area contributed by atoms with Crippen LogP contribution in [0.4, 0.5) is 11.4 Å². The third-order valence-electron chi connectivity index (χ3n) is 5.23. The molecule has 0 unspecified atom stereocenters. The third kappa shape index (κ3) is 4.35. The van der Waals surface area contributed by atoms with Crippen LogP contribution in [0.25, 0.3) is 10.2 Å². The molecule has 0 radical (unpaired) electrons. The van der Waals surface area contributed by atoms with E-state index in [2.05, 4.69) is 15.3 Å². The monoisotopic (exact) mass is 458 g/mol. The van der Waals surface area contributed by atoms with E-state index in [1.807, 2.05) is 6.92 Å². The maximum Gasteiger partial charge on any atom is 0.311 e. The molecule has 162 valence electrons. The number of fused-ring (bicyclic) bond motifs is 3. The molecule has 31 heavy (non-hydrogen) atoms. The number of nitro benzene ring substituents is 1. The van der Waals surface area contributed by atoms with Crippen LogP contribution in [0.1, 0.15) is 34.7 Å². The van der Waals surface area contributed by atoms with Crippen LogP contribution in [0, 0.1) is 24.0 Å². The van der Waals surface area contributed by atoms with Gasteiger partial charge in [-0.05, 0) is 50.7 Å². The van der Waals surface area contributed by atoms with Crippen molar-refractivity contribution in [3.63, 3.8) is 0 Å². The number of thioether (sulfide) groups is 1. The van der Waals surface area contributed by atoms with Gasteiger partial charge in [-0.15, -0.1) is 11.3 Å². The van der Waals surface area contributed by atoms with Crippen molar-refractivity contribution in [2.45, 2.75) is 44.6 Å². The molecule has 1 aliphatic rings. The molecule has 2 aromatic heterocycles. The minimum absolute atomic E-state index is 0.108. The molecule has 3 aromatic rings. The van der Waals surface area contributed by atoms with Gasteiger partial charge in [0, 0.05) is 28.1 Å². The highest BCUT2D eigenvalue weighted by Crippen LogP contribution is 2.40. The summed E-state index contributed by atoms with van der Waals surface area (Å²) in [6, 6.07) is 2.88. The number of nitrogens with zero attached hydrogens (tertiary/aromatic N) is 3. The van der Waals surface area contributed by atoms with E-state index in [0.717, 1.165) is 28.1 Å². The lowest BCUT2D eigenvalue weighted by Gasteiger charge is -2.12. The smallest absolute Gasteiger partial charge is 0.311 e. The van der Waals surface area contributed by atoms with Gasteiger partial charge in [-0.1, -0.05) is 11.8 Å². The molecule has 0 saturated carbocycles. The second-order valence-corrected chi connectivity index (χ2v) is 9.45. The Morgan fingerprint density at radius 1 is 1.29 bits per heavy atom. The van der Waals surface area contributed by atoms with E-state index in [-0.39, 0.29) is 23.1 Å². The predicted octanol–water partition coefficient (Wildman–Crippen LogP) is 4.83. The molecule has 1 aromatic carbocycles. The molecule has 2 heterocycles. The molecule has 0 atom stereocenters. The number of nitrogens with one attached hydrogen (secondary N) is 1. The van der Waals surface area contributed by atoms with Crippen LogP contribution in [0.2, 0.25) is 0 Å². The number of nitro groups is 1. The summed E-state index contributed by atoms with van der Waals surface area (Å²) in [6.45, 7) is 3.58. The van der Waals surface area contributed by atoms with Crippen LogP contribution in [-0.4, -0.2) is 33.7 Å². The number of aromatic nitrogens is 2. The fourth-order valence-corrected chi connectivity index (χ4v) is 6.04. The number of hydrogen-bond donors (Lipinski definition) is 1. The van der Waals surface area contributed by atoms with E-state index < -0.39 is 4.92 Å². The Labute approximate surface area is 187 Å². The van der Waals surface area contributed by atoms with Crippen LogP contribution in [0.5, 0.6) is 5.75 Å². The van der Waals surface area contributed by atoms with Gasteiger partial charge in [0.05, 0.1) is 17.8 Å². The van der Waals surface area contributed by atoms with Crippen molar-refractivity contribution in [3.05, 3.63) is 44.1 Å². The Balaban J connectivity index is 1.54. The number of thiophene rings is 1. The van der Waals surface area contributed by atoms with Crippen molar-refractivity contribution in [2.75, 3.05) is 18.2 Å². The van der Waals surface area contributed by atoms with Crippen LogP contribution < -0.4 is 10.1 Å². The molecule has 0 fully saturated rings.